The normalized spacial score (nSPS) is 16.8. The average Bonchev–Trinajstić information content (AvgIpc) is 2.54. The molecule has 1 amide bonds. The number of carbonyl (C=O) groups is 2. The van der Waals surface area contributed by atoms with Crippen LogP contribution in [0.5, 0.6) is 0 Å². The second kappa shape index (κ2) is 7.92. The molecule has 2 rings (SSSR count). The molecule has 1 saturated carbocycles. The van der Waals surface area contributed by atoms with E-state index in [1.54, 1.807) is 25.1 Å². The molecule has 4 nitrogen and oxygen atoms in total. The van der Waals surface area contributed by atoms with E-state index in [9.17, 15) is 14.0 Å². The zero-order chi connectivity index (χ0) is 15.9. The van der Waals surface area contributed by atoms with E-state index < -0.39 is 17.8 Å². The molecule has 0 aliphatic heterocycles. The topological polar surface area (TPSA) is 55.4 Å². The highest BCUT2D eigenvalue weighted by atomic mass is 19.1. The molecule has 0 radical (unpaired) electrons. The zero-order valence-electron chi connectivity index (χ0n) is 12.8. The van der Waals surface area contributed by atoms with Gasteiger partial charge in [0, 0.05) is 11.5 Å². The van der Waals surface area contributed by atoms with E-state index >= 15 is 0 Å². The summed E-state index contributed by atoms with van der Waals surface area (Å²) in [5.41, 5.74) is 0.321. The van der Waals surface area contributed by atoms with Gasteiger partial charge in [-0.25, -0.2) is 9.18 Å². The lowest BCUT2D eigenvalue weighted by molar-refractivity contribution is -0.149. The summed E-state index contributed by atoms with van der Waals surface area (Å²) in [6.07, 6.45) is 5.05. The quantitative estimate of drug-likeness (QED) is 0.851. The van der Waals surface area contributed by atoms with Crippen molar-refractivity contribution in [1.82, 2.24) is 5.32 Å². The molecule has 1 atom stereocenters. The third-order valence-electron chi connectivity index (χ3n) is 4.02. The number of rotatable bonds is 5. The fourth-order valence-corrected chi connectivity index (χ4v) is 2.64. The van der Waals surface area contributed by atoms with E-state index in [0.717, 1.165) is 25.7 Å². The third kappa shape index (κ3) is 4.55. The highest BCUT2D eigenvalue weighted by Gasteiger charge is 2.25. The van der Waals surface area contributed by atoms with Gasteiger partial charge < -0.3 is 10.1 Å². The summed E-state index contributed by atoms with van der Waals surface area (Å²) >= 11 is 0. The average molecular weight is 307 g/mol. The molecule has 0 heterocycles. The van der Waals surface area contributed by atoms with Crippen molar-refractivity contribution in [2.45, 2.75) is 51.7 Å². The Labute approximate surface area is 130 Å². The molecule has 0 saturated heterocycles. The zero-order valence-corrected chi connectivity index (χ0v) is 12.8. The Morgan fingerprint density at radius 2 is 1.95 bits per heavy atom. The van der Waals surface area contributed by atoms with Crippen molar-refractivity contribution in [3.05, 3.63) is 35.6 Å². The third-order valence-corrected chi connectivity index (χ3v) is 4.02. The summed E-state index contributed by atoms with van der Waals surface area (Å²) in [6, 6.07) is 5.42. The van der Waals surface area contributed by atoms with Crippen molar-refractivity contribution in [1.29, 1.82) is 0 Å². The standard InChI is InChI=1S/C17H22FNO3/c1-12(19-16(20)13-7-3-2-4-8-13)17(21)22-11-14-9-5-6-10-15(14)18/h5-6,9-10,12-13H,2-4,7-8,11H2,1H3,(H,19,20). The van der Waals surface area contributed by atoms with Gasteiger partial charge in [-0.3, -0.25) is 4.79 Å². The van der Waals surface area contributed by atoms with Gasteiger partial charge in [0.2, 0.25) is 5.91 Å². The van der Waals surface area contributed by atoms with E-state index in [1.807, 2.05) is 0 Å². The van der Waals surface area contributed by atoms with E-state index in [1.165, 1.54) is 12.5 Å². The van der Waals surface area contributed by atoms with Crippen LogP contribution in [0.1, 0.15) is 44.6 Å². The molecular weight excluding hydrogens is 285 g/mol. The van der Waals surface area contributed by atoms with Gasteiger partial charge in [0.1, 0.15) is 18.5 Å². The molecule has 1 aromatic rings. The van der Waals surface area contributed by atoms with Gasteiger partial charge in [0.25, 0.3) is 0 Å². The minimum atomic E-state index is -0.721. The molecule has 1 fully saturated rings. The first-order valence-corrected chi connectivity index (χ1v) is 7.78. The maximum absolute atomic E-state index is 13.4. The molecule has 5 heteroatoms. The lowest BCUT2D eigenvalue weighted by atomic mass is 9.88. The Morgan fingerprint density at radius 1 is 1.27 bits per heavy atom. The number of hydrogen-bond donors (Lipinski definition) is 1. The van der Waals surface area contributed by atoms with Crippen molar-refractivity contribution in [2.24, 2.45) is 5.92 Å². The fraction of sp³-hybridized carbons (Fsp3) is 0.529. The van der Waals surface area contributed by atoms with Crippen LogP contribution in [0.2, 0.25) is 0 Å². The Morgan fingerprint density at radius 3 is 2.64 bits per heavy atom. The molecule has 22 heavy (non-hydrogen) atoms. The van der Waals surface area contributed by atoms with Crippen molar-refractivity contribution >= 4 is 11.9 Å². The second-order valence-corrected chi connectivity index (χ2v) is 5.76. The Hall–Kier alpha value is -1.91. The van der Waals surface area contributed by atoms with E-state index in [4.69, 9.17) is 4.74 Å². The van der Waals surface area contributed by atoms with Crippen LogP contribution in [-0.4, -0.2) is 17.9 Å². The smallest absolute Gasteiger partial charge is 0.328 e. The van der Waals surface area contributed by atoms with Crippen LogP contribution in [0.4, 0.5) is 4.39 Å². The first kappa shape index (κ1) is 16.5. The van der Waals surface area contributed by atoms with Gasteiger partial charge in [0.05, 0.1) is 0 Å². The molecule has 0 bridgehead atoms. The Bertz CT molecular complexity index is 526. The molecule has 1 aliphatic carbocycles. The summed E-state index contributed by atoms with van der Waals surface area (Å²) in [5, 5.41) is 2.69. The lowest BCUT2D eigenvalue weighted by Gasteiger charge is -2.22. The predicted molar refractivity (Wildman–Crippen MR) is 80.4 cm³/mol. The SMILES string of the molecule is CC(NC(=O)C1CCCCC1)C(=O)OCc1ccccc1F. The molecule has 1 aromatic carbocycles. The molecule has 120 valence electrons. The van der Waals surface area contributed by atoms with Crippen LogP contribution in [0.15, 0.2) is 24.3 Å². The van der Waals surface area contributed by atoms with E-state index in [2.05, 4.69) is 5.32 Å². The fourth-order valence-electron chi connectivity index (χ4n) is 2.64. The summed E-state index contributed by atoms with van der Waals surface area (Å²) in [4.78, 5) is 23.9. The lowest BCUT2D eigenvalue weighted by Crippen LogP contribution is -2.43. The Kier molecular flexibility index (Phi) is 5.92. The van der Waals surface area contributed by atoms with Gasteiger partial charge in [-0.15, -0.1) is 0 Å². The molecule has 0 aromatic heterocycles. The van der Waals surface area contributed by atoms with Crippen molar-refractivity contribution < 1.29 is 18.7 Å². The number of benzene rings is 1. The van der Waals surface area contributed by atoms with Crippen LogP contribution in [0, 0.1) is 11.7 Å². The number of halogens is 1. The minimum Gasteiger partial charge on any atom is -0.459 e. The largest absolute Gasteiger partial charge is 0.459 e. The molecule has 1 N–H and O–H groups in total. The monoisotopic (exact) mass is 307 g/mol. The number of hydrogen-bond acceptors (Lipinski definition) is 3. The summed E-state index contributed by atoms with van der Waals surface area (Å²) < 4.78 is 18.5. The van der Waals surface area contributed by atoms with E-state index in [-0.39, 0.29) is 18.4 Å². The van der Waals surface area contributed by atoms with Crippen molar-refractivity contribution in [3.8, 4) is 0 Å². The van der Waals surface area contributed by atoms with Crippen molar-refractivity contribution in [3.63, 3.8) is 0 Å². The summed E-state index contributed by atoms with van der Waals surface area (Å²) in [7, 11) is 0. The van der Waals surface area contributed by atoms with Gasteiger partial charge >= 0.3 is 5.97 Å². The van der Waals surface area contributed by atoms with Gasteiger partial charge in [-0.1, -0.05) is 37.5 Å². The van der Waals surface area contributed by atoms with Crippen LogP contribution in [0.25, 0.3) is 0 Å². The van der Waals surface area contributed by atoms with Gasteiger partial charge in [-0.05, 0) is 25.8 Å². The maximum Gasteiger partial charge on any atom is 0.328 e. The second-order valence-electron chi connectivity index (χ2n) is 5.76. The molecule has 0 spiro atoms. The molecule has 1 aliphatic rings. The number of amides is 1. The molecule has 1 unspecified atom stereocenters. The highest BCUT2D eigenvalue weighted by Crippen LogP contribution is 2.23. The van der Waals surface area contributed by atoms with E-state index in [0.29, 0.717) is 5.56 Å². The summed E-state index contributed by atoms with van der Waals surface area (Å²) in [5.74, 6) is -1.05. The first-order chi connectivity index (χ1) is 10.6. The van der Waals surface area contributed by atoms with Crippen molar-refractivity contribution in [2.75, 3.05) is 0 Å². The Balaban J connectivity index is 1.79. The maximum atomic E-state index is 13.4. The highest BCUT2D eigenvalue weighted by molar-refractivity contribution is 5.85. The number of carbonyl (C=O) groups excluding carboxylic acids is 2. The predicted octanol–water partition coefficient (Wildman–Crippen LogP) is 2.95. The van der Waals surface area contributed by atoms with Crippen LogP contribution in [-0.2, 0) is 20.9 Å². The number of ether oxygens (including phenoxy) is 1. The first-order valence-electron chi connectivity index (χ1n) is 7.78. The van der Waals surface area contributed by atoms with Crippen LogP contribution >= 0.6 is 0 Å². The minimum absolute atomic E-state index is 0.00410. The van der Waals surface area contributed by atoms with Crippen LogP contribution in [0.3, 0.4) is 0 Å². The molecular formula is C17H22FNO3. The van der Waals surface area contributed by atoms with Crippen LogP contribution < -0.4 is 5.32 Å². The number of nitrogens with one attached hydrogen (secondary N) is 1. The summed E-state index contributed by atoms with van der Waals surface area (Å²) in [6.45, 7) is 1.46. The van der Waals surface area contributed by atoms with Gasteiger partial charge in [-0.2, -0.15) is 0 Å². The van der Waals surface area contributed by atoms with Gasteiger partial charge in [0.15, 0.2) is 0 Å². The number of esters is 1.